The number of hydrogen-bond acceptors (Lipinski definition) is 18. The molecule has 398 valence electrons. The Labute approximate surface area is 426 Å². The van der Waals surface area contributed by atoms with Gasteiger partial charge < -0.3 is 28.4 Å². The van der Waals surface area contributed by atoms with Gasteiger partial charge in [-0.2, -0.15) is 14.4 Å². The quantitative estimate of drug-likeness (QED) is 0.0319. The van der Waals surface area contributed by atoms with Crippen LogP contribution in [0.15, 0.2) is 72.8 Å². The van der Waals surface area contributed by atoms with Crippen LogP contribution >= 0.6 is 0 Å². The Bertz CT molecular complexity index is 1920. The van der Waals surface area contributed by atoms with Crippen molar-refractivity contribution >= 4 is 36.4 Å². The van der Waals surface area contributed by atoms with E-state index in [0.29, 0.717) is 75.6 Å². The summed E-state index contributed by atoms with van der Waals surface area (Å²) in [5.41, 5.74) is 0.549. The third kappa shape index (κ3) is 18.4. The number of benzene rings is 3. The van der Waals surface area contributed by atoms with Gasteiger partial charge in [-0.25, -0.2) is 43.7 Å². The molecule has 3 saturated carbocycles. The number of carbonyl (C=O) groups is 6. The molecule has 18 heteroatoms. The zero-order chi connectivity index (χ0) is 51.8. The number of carbonyl (C=O) groups excluding carboxylic acids is 6. The molecule has 0 amide bonds. The predicted octanol–water partition coefficient (Wildman–Crippen LogP) is 12.6. The van der Waals surface area contributed by atoms with Crippen LogP contribution in [-0.2, 0) is 43.5 Å². The standard InChI is InChI=1S/C55H70O18/c1-4-7-34-62-43-22-16-40(17-23-43)50(56)68-71-53(59)65-46-28-10-37(11-29-46)49(38-12-30-47(31-13-38)66-54(60)72-69-51(57)41-18-24-44(25-19-41)63-35-8-5-2)39-14-32-48(33-15-39)67-55(61)73-70-52(58)42-20-26-45(27-21-42)64-36-9-6-3/h16-27,37-39,46-49H,4-15,28-36H2,1-3H3. The fourth-order valence-corrected chi connectivity index (χ4v) is 9.82. The molecular weight excluding hydrogens is 949 g/mol. The second-order valence-electron chi connectivity index (χ2n) is 18.8. The van der Waals surface area contributed by atoms with Crippen molar-refractivity contribution in [2.75, 3.05) is 19.8 Å². The molecular formula is C55H70O18. The second kappa shape index (κ2) is 29.7. The molecule has 0 spiro atoms. The summed E-state index contributed by atoms with van der Waals surface area (Å²) in [7, 11) is 0. The summed E-state index contributed by atoms with van der Waals surface area (Å²) in [5, 5.41) is 0. The molecule has 0 aliphatic heterocycles. The van der Waals surface area contributed by atoms with E-state index in [-0.39, 0.29) is 40.4 Å². The summed E-state index contributed by atoms with van der Waals surface area (Å²) < 4.78 is 33.6. The molecule has 3 aromatic carbocycles. The van der Waals surface area contributed by atoms with Crippen LogP contribution in [-0.4, -0.2) is 74.5 Å². The van der Waals surface area contributed by atoms with Crippen molar-refractivity contribution < 1.29 is 86.5 Å². The Hall–Kier alpha value is -6.72. The summed E-state index contributed by atoms with van der Waals surface area (Å²) >= 11 is 0. The summed E-state index contributed by atoms with van der Waals surface area (Å²) in [4.78, 5) is 104. The zero-order valence-electron chi connectivity index (χ0n) is 42.2. The summed E-state index contributed by atoms with van der Waals surface area (Å²) in [6, 6.07) is 19.0. The predicted molar refractivity (Wildman–Crippen MR) is 260 cm³/mol. The minimum absolute atomic E-state index is 0.183. The molecule has 3 aliphatic carbocycles. The largest absolute Gasteiger partial charge is 0.550 e. The normalized spacial score (nSPS) is 20.9. The van der Waals surface area contributed by atoms with Crippen LogP contribution in [0.3, 0.4) is 0 Å². The zero-order valence-corrected chi connectivity index (χ0v) is 42.2. The molecule has 0 bridgehead atoms. The lowest BCUT2D eigenvalue weighted by atomic mass is 9.61. The summed E-state index contributed by atoms with van der Waals surface area (Å²) in [6.45, 7) is 7.89. The second-order valence-corrected chi connectivity index (χ2v) is 18.8. The van der Waals surface area contributed by atoms with Gasteiger partial charge in [0.1, 0.15) is 35.6 Å². The van der Waals surface area contributed by atoms with Crippen molar-refractivity contribution in [3.05, 3.63) is 89.5 Å². The minimum atomic E-state index is -1.10. The van der Waals surface area contributed by atoms with Crippen LogP contribution in [0.25, 0.3) is 0 Å². The lowest BCUT2D eigenvalue weighted by Gasteiger charge is -2.45. The highest BCUT2D eigenvalue weighted by Gasteiger charge is 2.42. The smallest absolute Gasteiger partial charge is 0.494 e. The highest BCUT2D eigenvalue weighted by molar-refractivity contribution is 5.90. The van der Waals surface area contributed by atoms with Crippen LogP contribution in [0.4, 0.5) is 14.4 Å². The molecule has 73 heavy (non-hydrogen) atoms. The first kappa shape index (κ1) is 55.6. The molecule has 3 aromatic rings. The van der Waals surface area contributed by atoms with Crippen LogP contribution in [0.5, 0.6) is 17.2 Å². The van der Waals surface area contributed by atoms with Gasteiger partial charge in [-0.05, 0) is 193 Å². The number of unbranched alkanes of at least 4 members (excludes halogenated alkanes) is 3. The summed E-state index contributed by atoms with van der Waals surface area (Å²) in [5.74, 6) is 0.379. The van der Waals surface area contributed by atoms with E-state index in [1.54, 1.807) is 36.4 Å². The highest BCUT2D eigenvalue weighted by Crippen LogP contribution is 2.48. The third-order valence-corrected chi connectivity index (χ3v) is 13.7. The van der Waals surface area contributed by atoms with E-state index in [1.807, 2.05) is 0 Å². The number of ether oxygens (including phenoxy) is 6. The van der Waals surface area contributed by atoms with Crippen molar-refractivity contribution in [1.82, 2.24) is 0 Å². The van der Waals surface area contributed by atoms with Crippen LogP contribution in [0.2, 0.25) is 0 Å². The van der Waals surface area contributed by atoms with Gasteiger partial charge in [0.2, 0.25) is 0 Å². The van der Waals surface area contributed by atoms with E-state index < -0.39 is 54.7 Å². The van der Waals surface area contributed by atoms with E-state index >= 15 is 0 Å². The molecule has 3 aliphatic rings. The fraction of sp³-hybridized carbons (Fsp3) is 0.564. The van der Waals surface area contributed by atoms with Gasteiger partial charge in [0.25, 0.3) is 0 Å². The Balaban J connectivity index is 0.973. The van der Waals surface area contributed by atoms with E-state index in [0.717, 1.165) is 77.0 Å². The monoisotopic (exact) mass is 1020 g/mol. The van der Waals surface area contributed by atoms with Crippen molar-refractivity contribution in [3.63, 3.8) is 0 Å². The molecule has 0 atom stereocenters. The van der Waals surface area contributed by atoms with E-state index in [9.17, 15) is 28.8 Å². The van der Waals surface area contributed by atoms with Gasteiger partial charge in [0.05, 0.1) is 36.5 Å². The lowest BCUT2D eigenvalue weighted by molar-refractivity contribution is -0.209. The third-order valence-electron chi connectivity index (χ3n) is 13.7. The molecule has 6 rings (SSSR count). The maximum absolute atomic E-state index is 12.7. The van der Waals surface area contributed by atoms with Crippen LogP contribution in [0, 0.1) is 23.7 Å². The Morgan fingerprint density at radius 3 is 0.849 bits per heavy atom. The van der Waals surface area contributed by atoms with E-state index in [2.05, 4.69) is 20.8 Å². The molecule has 0 unspecified atom stereocenters. The topological polar surface area (TPSA) is 213 Å². The van der Waals surface area contributed by atoms with Gasteiger partial charge in [0.15, 0.2) is 0 Å². The molecule has 3 fully saturated rings. The minimum Gasteiger partial charge on any atom is -0.494 e. The van der Waals surface area contributed by atoms with E-state index in [4.69, 9.17) is 57.7 Å². The Kier molecular flexibility index (Phi) is 22.6. The molecule has 0 saturated heterocycles. The van der Waals surface area contributed by atoms with Crippen LogP contribution < -0.4 is 14.2 Å². The van der Waals surface area contributed by atoms with Gasteiger partial charge in [-0.15, -0.1) is 0 Å². The summed E-state index contributed by atoms with van der Waals surface area (Å²) in [6.07, 6.45) is 9.10. The first-order valence-corrected chi connectivity index (χ1v) is 26.0. The highest BCUT2D eigenvalue weighted by atomic mass is 17.2. The van der Waals surface area contributed by atoms with Crippen molar-refractivity contribution in [2.45, 2.75) is 155 Å². The van der Waals surface area contributed by atoms with Crippen molar-refractivity contribution in [2.24, 2.45) is 23.7 Å². The van der Waals surface area contributed by atoms with Gasteiger partial charge in [0, 0.05) is 0 Å². The Morgan fingerprint density at radius 1 is 0.370 bits per heavy atom. The average Bonchev–Trinajstić information content (AvgIpc) is 3.41. The van der Waals surface area contributed by atoms with Gasteiger partial charge >= 0.3 is 36.4 Å². The number of hydrogen-bond donors (Lipinski definition) is 0. The molecule has 0 radical (unpaired) electrons. The van der Waals surface area contributed by atoms with Gasteiger partial charge in [-0.1, -0.05) is 40.0 Å². The van der Waals surface area contributed by atoms with Gasteiger partial charge in [-0.3, -0.25) is 0 Å². The maximum Gasteiger partial charge on any atom is 0.550 e. The van der Waals surface area contributed by atoms with Crippen molar-refractivity contribution in [1.29, 1.82) is 0 Å². The molecule has 0 N–H and O–H groups in total. The first-order chi connectivity index (χ1) is 35.5. The molecule has 0 heterocycles. The SMILES string of the molecule is CCCCOc1ccc(C(=O)OOC(=O)OC2CCC(C(C3CCC(OC(=O)OOC(=O)c4ccc(OCCCC)cc4)CC3)C3CCC(OC(=O)OOC(=O)c4ccc(OCCCC)cc4)CC3)CC2)cc1. The van der Waals surface area contributed by atoms with Crippen LogP contribution in [0.1, 0.15) is 167 Å². The molecule has 18 nitrogen and oxygen atoms in total. The van der Waals surface area contributed by atoms with E-state index in [1.165, 1.54) is 36.4 Å². The Morgan fingerprint density at radius 2 is 0.616 bits per heavy atom. The number of rotatable bonds is 21. The lowest BCUT2D eigenvalue weighted by Crippen LogP contribution is -2.39. The average molecular weight is 1020 g/mol. The first-order valence-electron chi connectivity index (χ1n) is 26.0. The fourth-order valence-electron chi connectivity index (χ4n) is 9.82. The maximum atomic E-state index is 12.7. The molecule has 0 aromatic heterocycles. The van der Waals surface area contributed by atoms with Crippen molar-refractivity contribution in [3.8, 4) is 17.2 Å².